The van der Waals surface area contributed by atoms with E-state index in [0.29, 0.717) is 6.54 Å². The first-order chi connectivity index (χ1) is 9.50. The largest absolute Gasteiger partial charge is 0.433 e. The molecule has 0 amide bonds. The molecule has 0 saturated heterocycles. The maximum Gasteiger partial charge on any atom is 0.433 e. The molecule has 1 aliphatic rings. The predicted molar refractivity (Wildman–Crippen MR) is 76.2 cm³/mol. The fourth-order valence-corrected chi connectivity index (χ4v) is 2.61. The summed E-state index contributed by atoms with van der Waals surface area (Å²) < 4.78 is 38.7. The SMILES string of the molecule is CCNc1nc(NC2C(C)(C)C2(C)C)cc(C(F)(F)F)n1. The maximum absolute atomic E-state index is 12.9. The summed E-state index contributed by atoms with van der Waals surface area (Å²) in [6.07, 6.45) is -4.49. The molecule has 0 radical (unpaired) electrons. The highest BCUT2D eigenvalue weighted by molar-refractivity contribution is 5.47. The number of nitrogens with zero attached hydrogens (tertiary/aromatic N) is 2. The fraction of sp³-hybridized carbons (Fsp3) is 0.714. The summed E-state index contributed by atoms with van der Waals surface area (Å²) in [6.45, 7) is 10.6. The van der Waals surface area contributed by atoms with Crippen LogP contribution in [-0.2, 0) is 6.18 Å². The second kappa shape index (κ2) is 4.74. The van der Waals surface area contributed by atoms with Gasteiger partial charge in [-0.05, 0) is 17.8 Å². The summed E-state index contributed by atoms with van der Waals surface area (Å²) >= 11 is 0. The van der Waals surface area contributed by atoms with Crippen molar-refractivity contribution >= 4 is 11.8 Å². The standard InChI is InChI=1S/C14H21F3N4/c1-6-18-11-19-8(14(15,16)17)7-9(21-11)20-10-12(2,3)13(10,4)5/h7,10H,6H2,1-5H3,(H2,18,19,20,21). The molecule has 1 heterocycles. The molecule has 21 heavy (non-hydrogen) atoms. The molecule has 118 valence electrons. The molecule has 0 spiro atoms. The highest BCUT2D eigenvalue weighted by Gasteiger charge is 2.65. The van der Waals surface area contributed by atoms with E-state index in [9.17, 15) is 13.2 Å². The molecule has 7 heteroatoms. The Kier molecular flexibility index (Phi) is 3.58. The van der Waals surface area contributed by atoms with Crippen molar-refractivity contribution in [3.8, 4) is 0 Å². The van der Waals surface area contributed by atoms with Crippen LogP contribution in [0.4, 0.5) is 24.9 Å². The van der Waals surface area contributed by atoms with Gasteiger partial charge < -0.3 is 10.6 Å². The minimum absolute atomic E-state index is 0.00825. The Labute approximate surface area is 122 Å². The van der Waals surface area contributed by atoms with Crippen LogP contribution in [0.3, 0.4) is 0 Å². The Hall–Kier alpha value is -1.53. The molecule has 1 aliphatic carbocycles. The summed E-state index contributed by atoms with van der Waals surface area (Å²) in [5, 5.41) is 5.85. The molecule has 2 N–H and O–H groups in total. The highest BCUT2D eigenvalue weighted by Crippen LogP contribution is 2.63. The number of alkyl halides is 3. The van der Waals surface area contributed by atoms with E-state index >= 15 is 0 Å². The highest BCUT2D eigenvalue weighted by atomic mass is 19.4. The molecule has 0 aliphatic heterocycles. The van der Waals surface area contributed by atoms with Crippen LogP contribution in [0.25, 0.3) is 0 Å². The number of hydrogen-bond acceptors (Lipinski definition) is 4. The van der Waals surface area contributed by atoms with Crippen LogP contribution in [0.2, 0.25) is 0 Å². The minimum Gasteiger partial charge on any atom is -0.366 e. The van der Waals surface area contributed by atoms with E-state index in [1.807, 2.05) is 0 Å². The van der Waals surface area contributed by atoms with Crippen molar-refractivity contribution in [1.82, 2.24) is 9.97 Å². The second-order valence-electron chi connectivity index (χ2n) is 6.51. The van der Waals surface area contributed by atoms with Gasteiger partial charge in [-0.2, -0.15) is 18.2 Å². The van der Waals surface area contributed by atoms with Crippen LogP contribution in [0, 0.1) is 10.8 Å². The monoisotopic (exact) mass is 302 g/mol. The molecule has 4 nitrogen and oxygen atoms in total. The van der Waals surface area contributed by atoms with Gasteiger partial charge in [0.15, 0.2) is 5.69 Å². The lowest BCUT2D eigenvalue weighted by Gasteiger charge is -2.13. The first-order valence-electron chi connectivity index (χ1n) is 6.97. The van der Waals surface area contributed by atoms with Crippen molar-refractivity contribution < 1.29 is 13.2 Å². The number of anilines is 2. The third kappa shape index (κ3) is 2.78. The molecule has 0 unspecified atom stereocenters. The van der Waals surface area contributed by atoms with Gasteiger partial charge in [0.2, 0.25) is 5.95 Å². The smallest absolute Gasteiger partial charge is 0.366 e. The predicted octanol–water partition coefficient (Wildman–Crippen LogP) is 3.77. The lowest BCUT2D eigenvalue weighted by Crippen LogP contribution is -2.16. The van der Waals surface area contributed by atoms with E-state index in [0.717, 1.165) is 6.07 Å². The average Bonchev–Trinajstić information content (AvgIpc) is 2.71. The van der Waals surface area contributed by atoms with E-state index in [-0.39, 0.29) is 28.6 Å². The lowest BCUT2D eigenvalue weighted by atomic mass is 10.0. The summed E-state index contributed by atoms with van der Waals surface area (Å²) in [6, 6.07) is 1.04. The van der Waals surface area contributed by atoms with Crippen LogP contribution in [0.15, 0.2) is 6.07 Å². The van der Waals surface area contributed by atoms with E-state index in [4.69, 9.17) is 0 Å². The molecule has 1 aromatic heterocycles. The maximum atomic E-state index is 12.9. The first-order valence-corrected chi connectivity index (χ1v) is 6.97. The number of nitrogens with one attached hydrogen (secondary N) is 2. The van der Waals surface area contributed by atoms with Gasteiger partial charge in [-0.25, -0.2) is 4.98 Å². The number of halogens is 3. The van der Waals surface area contributed by atoms with Gasteiger partial charge in [-0.15, -0.1) is 0 Å². The average molecular weight is 302 g/mol. The number of aromatic nitrogens is 2. The normalized spacial score (nSPS) is 20.2. The zero-order valence-electron chi connectivity index (χ0n) is 12.9. The third-order valence-corrected chi connectivity index (χ3v) is 4.66. The van der Waals surface area contributed by atoms with Crippen LogP contribution in [-0.4, -0.2) is 22.6 Å². The minimum atomic E-state index is -4.49. The topological polar surface area (TPSA) is 49.8 Å². The Morgan fingerprint density at radius 3 is 2.14 bits per heavy atom. The van der Waals surface area contributed by atoms with Crippen molar-refractivity contribution in [3.63, 3.8) is 0 Å². The Balaban J connectivity index is 2.30. The molecular formula is C14H21F3N4. The van der Waals surface area contributed by atoms with Gasteiger partial charge in [-0.1, -0.05) is 27.7 Å². The van der Waals surface area contributed by atoms with Gasteiger partial charge in [0.05, 0.1) is 0 Å². The summed E-state index contributed by atoms with van der Waals surface area (Å²) in [4.78, 5) is 7.62. The van der Waals surface area contributed by atoms with Gasteiger partial charge in [0.25, 0.3) is 0 Å². The van der Waals surface area contributed by atoms with Crippen molar-refractivity contribution in [3.05, 3.63) is 11.8 Å². The van der Waals surface area contributed by atoms with Crippen LogP contribution < -0.4 is 10.6 Å². The van der Waals surface area contributed by atoms with E-state index in [2.05, 4.69) is 48.3 Å². The molecule has 0 aromatic carbocycles. The molecule has 1 aromatic rings. The fourth-order valence-electron chi connectivity index (χ4n) is 2.61. The van der Waals surface area contributed by atoms with Crippen molar-refractivity contribution in [2.24, 2.45) is 10.8 Å². The zero-order valence-corrected chi connectivity index (χ0v) is 12.9. The Morgan fingerprint density at radius 2 is 1.71 bits per heavy atom. The third-order valence-electron chi connectivity index (χ3n) is 4.66. The Morgan fingerprint density at radius 1 is 1.14 bits per heavy atom. The molecule has 0 bridgehead atoms. The van der Waals surface area contributed by atoms with E-state index in [1.165, 1.54) is 0 Å². The van der Waals surface area contributed by atoms with Crippen molar-refractivity contribution in [2.45, 2.75) is 46.8 Å². The summed E-state index contributed by atoms with van der Waals surface area (Å²) in [5.74, 6) is 0.197. The quantitative estimate of drug-likeness (QED) is 0.889. The van der Waals surface area contributed by atoms with Crippen molar-refractivity contribution in [2.75, 3.05) is 17.2 Å². The van der Waals surface area contributed by atoms with Gasteiger partial charge >= 0.3 is 6.18 Å². The first kappa shape index (κ1) is 15.9. The van der Waals surface area contributed by atoms with Gasteiger partial charge in [0.1, 0.15) is 5.82 Å². The number of rotatable bonds is 4. The van der Waals surface area contributed by atoms with Gasteiger partial charge in [0, 0.05) is 18.7 Å². The number of hydrogen-bond donors (Lipinski definition) is 2. The summed E-state index contributed by atoms with van der Waals surface area (Å²) in [7, 11) is 0. The molecule has 1 fully saturated rings. The van der Waals surface area contributed by atoms with E-state index in [1.54, 1.807) is 6.92 Å². The summed E-state index contributed by atoms with van der Waals surface area (Å²) in [5.41, 5.74) is -0.921. The van der Waals surface area contributed by atoms with Gasteiger partial charge in [-0.3, -0.25) is 0 Å². The molecular weight excluding hydrogens is 281 g/mol. The van der Waals surface area contributed by atoms with Crippen LogP contribution in [0.5, 0.6) is 0 Å². The van der Waals surface area contributed by atoms with Crippen LogP contribution in [0.1, 0.15) is 40.3 Å². The second-order valence-corrected chi connectivity index (χ2v) is 6.51. The van der Waals surface area contributed by atoms with Crippen molar-refractivity contribution in [1.29, 1.82) is 0 Å². The van der Waals surface area contributed by atoms with Crippen LogP contribution >= 0.6 is 0 Å². The lowest BCUT2D eigenvalue weighted by molar-refractivity contribution is -0.141. The van der Waals surface area contributed by atoms with E-state index < -0.39 is 11.9 Å². The molecule has 2 rings (SSSR count). The zero-order chi connectivity index (χ0) is 16.1. The molecule has 1 saturated carbocycles. The Bertz CT molecular complexity index is 524. The molecule has 0 atom stereocenters.